The normalized spacial score (nSPS) is 12.1. The summed E-state index contributed by atoms with van der Waals surface area (Å²) >= 11 is 0. The van der Waals surface area contributed by atoms with Gasteiger partial charge in [0.05, 0.1) is 15.6 Å². The molecule has 0 bridgehead atoms. The lowest BCUT2D eigenvalue weighted by molar-refractivity contribution is 0.407. The Morgan fingerprint density at radius 1 is 0.710 bits per heavy atom. The Morgan fingerprint density at radius 2 is 1.10 bits per heavy atom. The fourth-order valence-electron chi connectivity index (χ4n) is 5.59. The van der Waals surface area contributed by atoms with Gasteiger partial charge in [-0.3, -0.25) is 16.9 Å². The summed E-state index contributed by atoms with van der Waals surface area (Å²) < 4.78 is 124. The van der Waals surface area contributed by atoms with E-state index in [4.69, 9.17) is 37.8 Å². The maximum Gasteiger partial charge on any atom is 0.240 e. The highest BCUT2D eigenvalue weighted by Crippen LogP contribution is 2.32. The van der Waals surface area contributed by atoms with Gasteiger partial charge in [-0.05, 0) is 138 Å². The number of nitrogens with two attached hydrogens (primary N) is 4. The molecule has 0 saturated heterocycles. The van der Waals surface area contributed by atoms with E-state index in [1.54, 1.807) is 44.5 Å². The molecule has 0 radical (unpaired) electrons. The van der Waals surface area contributed by atoms with Crippen LogP contribution in [0.5, 0.6) is 23.0 Å². The first-order valence-corrected chi connectivity index (χ1v) is 24.1. The lowest BCUT2D eigenvalue weighted by Gasteiger charge is -2.12. The van der Waals surface area contributed by atoms with Crippen LogP contribution in [0.3, 0.4) is 0 Å². The first-order chi connectivity index (χ1) is 32.4. The maximum absolute atomic E-state index is 14.5. The van der Waals surface area contributed by atoms with E-state index in [0.717, 1.165) is 35.4 Å². The Labute approximate surface area is 401 Å². The summed E-state index contributed by atoms with van der Waals surface area (Å²) in [7, 11) is -0.0462. The molecule has 1 heterocycles. The number of amidine groups is 1. The number of hydrogen-bond donors (Lipinski definition) is 7. The molecule has 376 valence electrons. The zero-order chi connectivity index (χ0) is 51.5. The van der Waals surface area contributed by atoms with Gasteiger partial charge in [-0.2, -0.15) is 5.10 Å². The van der Waals surface area contributed by atoms with Gasteiger partial charge < -0.3 is 30.7 Å². The van der Waals surface area contributed by atoms with Crippen molar-refractivity contribution >= 4 is 38.0 Å². The van der Waals surface area contributed by atoms with E-state index in [-0.39, 0.29) is 46.8 Å². The molecular weight excluding hydrogens is 943 g/mol. The lowest BCUT2D eigenvalue weighted by atomic mass is 10.1. The zero-order valence-corrected chi connectivity index (χ0v) is 40.9. The number of allylic oxidation sites excluding steroid dienone is 1. The van der Waals surface area contributed by atoms with E-state index in [2.05, 4.69) is 14.5 Å². The van der Waals surface area contributed by atoms with Gasteiger partial charge in [0, 0.05) is 51.5 Å². The standard InChI is InChI=1S/C22H28F2N4O3S.C20H25F2N3O3S.C4H8N4/c1-15(4-9-21(25)26)12-16-13-19(23)22(20(24)14-16)31-17-5-7-18(8-6-17)32(29,30)27-10-11-28(2)3;1-14(13-23)10-15-11-18(21)20(19(22)12-15)28-16-4-6-17(7-5-16)29(26,27)24-8-9-25(2)3;5-4(6)8-3-1-2-7-8/h5-8,12-14,27H,4,9-11H2,1-3H3,(H3,25,26);4-7,10-12,24H,8-9,13,23H2,1-3H3;1-4H,5-6H2/b15-12+;14-10+;. The third-order valence-corrected chi connectivity index (χ3v) is 12.2. The average Bonchev–Trinajstić information content (AvgIpc) is 3.82. The van der Waals surface area contributed by atoms with Crippen LogP contribution in [-0.4, -0.2) is 103 Å². The third kappa shape index (κ3) is 19.9. The molecule has 0 aliphatic carbocycles. The highest BCUT2D eigenvalue weighted by molar-refractivity contribution is 7.89. The minimum absolute atomic E-state index is 0.0195. The predicted molar refractivity (Wildman–Crippen MR) is 260 cm³/mol. The van der Waals surface area contributed by atoms with Gasteiger partial charge in [0.25, 0.3) is 0 Å². The summed E-state index contributed by atoms with van der Waals surface area (Å²) in [6.07, 6.45) is 6.91. The minimum Gasteiger partial charge on any atom is -0.451 e. The Hall–Kier alpha value is -6.02. The number of benzene rings is 4. The molecule has 1 aromatic heterocycles. The first-order valence-electron chi connectivity index (χ1n) is 21.1. The summed E-state index contributed by atoms with van der Waals surface area (Å²) in [6.45, 7) is 5.42. The van der Waals surface area contributed by atoms with Crippen molar-refractivity contribution in [2.45, 2.75) is 42.8 Å². The molecular formula is C46H61F4N11O6S2. The second-order valence-electron chi connectivity index (χ2n) is 15.9. The number of aromatic nitrogens is 2. The molecule has 5 rings (SSSR count). The van der Waals surface area contributed by atoms with Crippen LogP contribution in [0.4, 0.5) is 17.6 Å². The van der Waals surface area contributed by atoms with Gasteiger partial charge in [0.2, 0.25) is 20.0 Å². The van der Waals surface area contributed by atoms with E-state index in [9.17, 15) is 34.4 Å². The van der Waals surface area contributed by atoms with Crippen LogP contribution < -0.4 is 41.9 Å². The SMILES string of the molecule is C/C(=C\c1cc(F)c(Oc2ccc(S(=O)(=O)NCCN(C)C)cc2)c(F)c1)CCC(=N)N.C/C(=C\c1cc(F)c(Oc2ccc(S(=O)(=O)NCCN(C)C)cc2)c(F)c1)CN.NC(N)n1cccn1. The van der Waals surface area contributed by atoms with Gasteiger partial charge >= 0.3 is 0 Å². The third-order valence-electron chi connectivity index (χ3n) is 9.22. The number of nitrogens with one attached hydrogen (secondary N) is 3. The molecule has 17 nitrogen and oxygen atoms in total. The topological polar surface area (TPSA) is 263 Å². The van der Waals surface area contributed by atoms with Crippen molar-refractivity contribution in [1.29, 1.82) is 5.41 Å². The quantitative estimate of drug-likeness (QED) is 0.0195. The van der Waals surface area contributed by atoms with Gasteiger partial charge in [-0.15, -0.1) is 0 Å². The van der Waals surface area contributed by atoms with Crippen LogP contribution in [0.1, 0.15) is 44.1 Å². The molecule has 0 saturated carbocycles. The number of nitrogens with zero attached hydrogens (tertiary/aromatic N) is 4. The summed E-state index contributed by atoms with van der Waals surface area (Å²) in [5.41, 5.74) is 23.5. The molecule has 23 heteroatoms. The molecule has 0 aliphatic heterocycles. The minimum atomic E-state index is -3.70. The van der Waals surface area contributed by atoms with E-state index in [1.807, 2.05) is 38.0 Å². The molecule has 0 spiro atoms. The van der Waals surface area contributed by atoms with Crippen molar-refractivity contribution in [2.75, 3.05) is 60.9 Å². The Morgan fingerprint density at radius 3 is 1.41 bits per heavy atom. The van der Waals surface area contributed by atoms with Gasteiger partial charge in [0.15, 0.2) is 34.8 Å². The fraction of sp³-hybridized carbons (Fsp3) is 0.304. The van der Waals surface area contributed by atoms with Crippen molar-refractivity contribution in [3.63, 3.8) is 0 Å². The molecule has 69 heavy (non-hydrogen) atoms. The molecule has 0 amide bonds. The Balaban J connectivity index is 0.000000315. The highest BCUT2D eigenvalue weighted by Gasteiger charge is 2.18. The summed E-state index contributed by atoms with van der Waals surface area (Å²) in [5, 5.41) is 11.0. The van der Waals surface area contributed by atoms with Crippen LogP contribution >= 0.6 is 0 Å². The van der Waals surface area contributed by atoms with Gasteiger partial charge in [0.1, 0.15) is 17.8 Å². The second kappa shape index (κ2) is 27.2. The van der Waals surface area contributed by atoms with Crippen molar-refractivity contribution in [2.24, 2.45) is 22.9 Å². The van der Waals surface area contributed by atoms with E-state index in [0.29, 0.717) is 37.1 Å². The lowest BCUT2D eigenvalue weighted by Crippen LogP contribution is -2.31. The van der Waals surface area contributed by atoms with Gasteiger partial charge in [-0.1, -0.05) is 23.3 Å². The number of sulfonamides is 2. The maximum atomic E-state index is 14.5. The van der Waals surface area contributed by atoms with Crippen LogP contribution in [-0.2, 0) is 20.0 Å². The van der Waals surface area contributed by atoms with Crippen molar-refractivity contribution in [1.82, 2.24) is 29.0 Å². The van der Waals surface area contributed by atoms with Crippen LogP contribution in [0, 0.1) is 28.7 Å². The molecule has 0 unspecified atom stereocenters. The van der Waals surface area contributed by atoms with Crippen molar-refractivity contribution < 1.29 is 43.9 Å². The van der Waals surface area contributed by atoms with Crippen LogP contribution in [0.2, 0.25) is 0 Å². The molecule has 0 fully saturated rings. The monoisotopic (exact) mass is 1000 g/mol. The predicted octanol–water partition coefficient (Wildman–Crippen LogP) is 5.93. The van der Waals surface area contributed by atoms with Crippen molar-refractivity contribution in [3.8, 4) is 23.0 Å². The number of ether oxygens (including phenoxy) is 2. The number of hydrogen-bond acceptors (Lipinski definition) is 13. The molecule has 0 aliphatic rings. The average molecular weight is 1000 g/mol. The largest absolute Gasteiger partial charge is 0.451 e. The Kier molecular flexibility index (Phi) is 22.6. The van der Waals surface area contributed by atoms with E-state index < -0.39 is 61.1 Å². The van der Waals surface area contributed by atoms with E-state index >= 15 is 0 Å². The number of likely N-dealkylation sites (N-methyl/N-ethyl adjacent to an activating group) is 2. The number of halogens is 4. The summed E-state index contributed by atoms with van der Waals surface area (Å²) in [5.74, 6) is -4.42. The fourth-order valence-corrected chi connectivity index (χ4v) is 7.64. The molecule has 4 aromatic carbocycles. The summed E-state index contributed by atoms with van der Waals surface area (Å²) in [4.78, 5) is 3.74. The molecule has 5 aromatic rings. The zero-order valence-electron chi connectivity index (χ0n) is 39.2. The van der Waals surface area contributed by atoms with Crippen LogP contribution in [0.15, 0.2) is 112 Å². The Bertz CT molecular complexity index is 2680. The van der Waals surface area contributed by atoms with Gasteiger partial charge in [-0.25, -0.2) is 48.5 Å². The molecule has 11 N–H and O–H groups in total. The van der Waals surface area contributed by atoms with Crippen LogP contribution in [0.25, 0.3) is 12.2 Å². The van der Waals surface area contributed by atoms with Crippen molar-refractivity contribution in [3.05, 3.63) is 137 Å². The first kappa shape index (κ1) is 57.3. The second-order valence-corrected chi connectivity index (χ2v) is 19.4. The molecule has 0 atom stereocenters. The summed E-state index contributed by atoms with van der Waals surface area (Å²) in [6, 6.07) is 16.9. The smallest absolute Gasteiger partial charge is 0.240 e. The number of rotatable bonds is 21. The van der Waals surface area contributed by atoms with E-state index in [1.165, 1.54) is 53.2 Å². The highest BCUT2D eigenvalue weighted by atomic mass is 32.2.